The van der Waals surface area contributed by atoms with Crippen molar-refractivity contribution in [1.82, 2.24) is 9.97 Å². The van der Waals surface area contributed by atoms with Crippen LogP contribution in [0.25, 0.3) is 22.7 Å². The predicted octanol–water partition coefficient (Wildman–Crippen LogP) is 3.89. The van der Waals surface area contributed by atoms with Crippen LogP contribution in [0.15, 0.2) is 30.3 Å². The van der Waals surface area contributed by atoms with Gasteiger partial charge < -0.3 is 19.6 Å². The minimum Gasteiger partial charge on any atom is -0.493 e. The van der Waals surface area contributed by atoms with Gasteiger partial charge in [0.2, 0.25) is 0 Å². The van der Waals surface area contributed by atoms with Crippen LogP contribution in [0.5, 0.6) is 11.5 Å². The fourth-order valence-electron chi connectivity index (χ4n) is 2.53. The molecule has 1 aromatic heterocycles. The molecule has 9 heteroatoms. The highest BCUT2D eigenvalue weighted by molar-refractivity contribution is 6.32. The quantitative estimate of drug-likeness (QED) is 0.606. The number of aromatic amines is 1. The number of ether oxygens (including phenoxy) is 2. The minimum atomic E-state index is -1.16. The summed E-state index contributed by atoms with van der Waals surface area (Å²) in [7, 11) is 1.38. The molecule has 1 heterocycles. The molecular formula is C19H13ClFN3O4. The van der Waals surface area contributed by atoms with E-state index >= 15 is 0 Å². The highest BCUT2D eigenvalue weighted by Crippen LogP contribution is 2.37. The van der Waals surface area contributed by atoms with Gasteiger partial charge in [-0.25, -0.2) is 14.2 Å². The SMILES string of the molecule is COc1cc(/C=C(/C#N)c2nc3ccc(F)cc3[nH]2)cc(Cl)c1OCC(=O)O. The Morgan fingerprint density at radius 3 is 2.89 bits per heavy atom. The molecule has 0 spiro atoms. The van der Waals surface area contributed by atoms with E-state index in [2.05, 4.69) is 9.97 Å². The number of fused-ring (bicyclic) bond motifs is 1. The van der Waals surface area contributed by atoms with Crippen LogP contribution in [0.2, 0.25) is 5.02 Å². The Bertz CT molecular complexity index is 1130. The van der Waals surface area contributed by atoms with Crippen molar-refractivity contribution in [3.8, 4) is 17.6 Å². The first-order valence-corrected chi connectivity index (χ1v) is 8.28. The molecule has 0 aliphatic carbocycles. The Morgan fingerprint density at radius 1 is 1.43 bits per heavy atom. The molecule has 142 valence electrons. The lowest BCUT2D eigenvalue weighted by Crippen LogP contribution is -2.10. The fourth-order valence-corrected chi connectivity index (χ4v) is 2.80. The number of nitrogens with one attached hydrogen (secondary N) is 1. The number of H-pyrrole nitrogens is 1. The third-order valence-corrected chi connectivity index (χ3v) is 4.00. The molecule has 28 heavy (non-hydrogen) atoms. The number of allylic oxidation sites excluding steroid dienone is 1. The van der Waals surface area contributed by atoms with Crippen LogP contribution < -0.4 is 9.47 Å². The van der Waals surface area contributed by atoms with E-state index < -0.39 is 18.4 Å². The number of hydrogen-bond donors (Lipinski definition) is 2. The number of nitrogens with zero attached hydrogens (tertiary/aromatic N) is 2. The molecule has 0 radical (unpaired) electrons. The van der Waals surface area contributed by atoms with Crippen molar-refractivity contribution in [3.05, 3.63) is 52.6 Å². The van der Waals surface area contributed by atoms with Crippen LogP contribution >= 0.6 is 11.6 Å². The summed E-state index contributed by atoms with van der Waals surface area (Å²) in [5, 5.41) is 18.4. The van der Waals surface area contributed by atoms with Crippen molar-refractivity contribution in [2.75, 3.05) is 13.7 Å². The third-order valence-electron chi connectivity index (χ3n) is 3.72. The van der Waals surface area contributed by atoms with Gasteiger partial charge in [-0.05, 0) is 42.0 Å². The molecule has 0 bridgehead atoms. The Balaban J connectivity index is 2.00. The Labute approximate surface area is 163 Å². The van der Waals surface area contributed by atoms with Crippen molar-refractivity contribution in [2.45, 2.75) is 0 Å². The van der Waals surface area contributed by atoms with Gasteiger partial charge in [0, 0.05) is 0 Å². The molecule has 0 fully saturated rings. The summed E-state index contributed by atoms with van der Waals surface area (Å²) in [5.74, 6) is -1.01. The maximum Gasteiger partial charge on any atom is 0.341 e. The summed E-state index contributed by atoms with van der Waals surface area (Å²) in [6.07, 6.45) is 1.52. The average molecular weight is 402 g/mol. The van der Waals surface area contributed by atoms with Crippen LogP contribution in [0, 0.1) is 17.1 Å². The van der Waals surface area contributed by atoms with Gasteiger partial charge in [-0.2, -0.15) is 5.26 Å². The second kappa shape index (κ2) is 7.98. The third kappa shape index (κ3) is 4.05. The van der Waals surface area contributed by atoms with Gasteiger partial charge in [0.15, 0.2) is 18.1 Å². The number of benzene rings is 2. The largest absolute Gasteiger partial charge is 0.493 e. The van der Waals surface area contributed by atoms with E-state index in [9.17, 15) is 14.4 Å². The Morgan fingerprint density at radius 2 is 2.21 bits per heavy atom. The number of halogens is 2. The zero-order chi connectivity index (χ0) is 20.3. The van der Waals surface area contributed by atoms with E-state index in [0.29, 0.717) is 16.6 Å². The zero-order valence-corrected chi connectivity index (χ0v) is 15.2. The molecule has 0 amide bonds. The summed E-state index contributed by atoms with van der Waals surface area (Å²) in [5.41, 5.74) is 1.68. The fraction of sp³-hybridized carbons (Fsp3) is 0.105. The van der Waals surface area contributed by atoms with E-state index in [1.165, 1.54) is 37.5 Å². The van der Waals surface area contributed by atoms with E-state index in [1.807, 2.05) is 6.07 Å². The summed E-state index contributed by atoms with van der Waals surface area (Å²) < 4.78 is 23.7. The monoisotopic (exact) mass is 401 g/mol. The second-order valence-electron chi connectivity index (χ2n) is 5.63. The Hall–Kier alpha value is -3.57. The molecule has 0 unspecified atom stereocenters. The van der Waals surface area contributed by atoms with Crippen LogP contribution in [-0.4, -0.2) is 34.8 Å². The van der Waals surface area contributed by atoms with Crippen molar-refractivity contribution in [3.63, 3.8) is 0 Å². The van der Waals surface area contributed by atoms with Gasteiger partial charge >= 0.3 is 5.97 Å². The second-order valence-corrected chi connectivity index (χ2v) is 6.04. The molecule has 7 nitrogen and oxygen atoms in total. The average Bonchev–Trinajstić information content (AvgIpc) is 3.07. The standard InChI is InChI=1S/C19H13ClFN3O4/c1-27-16-6-10(5-13(20)18(16)28-9-17(25)26)4-11(8-22)19-23-14-3-2-12(21)7-15(14)24-19/h2-7H,9H2,1H3,(H,23,24)(H,25,26)/b11-4-. The topological polar surface area (TPSA) is 108 Å². The molecule has 0 saturated carbocycles. The first-order valence-electron chi connectivity index (χ1n) is 7.91. The predicted molar refractivity (Wildman–Crippen MR) is 101 cm³/mol. The molecule has 0 aliphatic rings. The molecule has 2 N–H and O–H groups in total. The minimum absolute atomic E-state index is 0.0847. The number of carboxylic acid groups (broad SMARTS) is 1. The van der Waals surface area contributed by atoms with Crippen molar-refractivity contribution >= 4 is 40.3 Å². The normalized spacial score (nSPS) is 11.3. The van der Waals surface area contributed by atoms with Crippen molar-refractivity contribution in [2.24, 2.45) is 0 Å². The van der Waals surface area contributed by atoms with Crippen LogP contribution in [-0.2, 0) is 4.79 Å². The number of aromatic nitrogens is 2. The number of carboxylic acids is 1. The summed E-state index contributed by atoms with van der Waals surface area (Å²) in [4.78, 5) is 17.9. The van der Waals surface area contributed by atoms with Gasteiger partial charge in [-0.1, -0.05) is 11.6 Å². The smallest absolute Gasteiger partial charge is 0.341 e. The first kappa shape index (κ1) is 19.2. The van der Waals surface area contributed by atoms with E-state index in [-0.39, 0.29) is 27.9 Å². The van der Waals surface area contributed by atoms with Crippen molar-refractivity contribution in [1.29, 1.82) is 5.26 Å². The van der Waals surface area contributed by atoms with Gasteiger partial charge in [-0.3, -0.25) is 0 Å². The van der Waals surface area contributed by atoms with Crippen molar-refractivity contribution < 1.29 is 23.8 Å². The maximum absolute atomic E-state index is 13.3. The molecule has 0 atom stereocenters. The number of carbonyl (C=O) groups is 1. The number of rotatable bonds is 6. The highest BCUT2D eigenvalue weighted by Gasteiger charge is 2.14. The summed E-state index contributed by atoms with van der Waals surface area (Å²) in [6, 6.07) is 9.16. The molecular weight excluding hydrogens is 389 g/mol. The molecule has 3 aromatic rings. The summed E-state index contributed by atoms with van der Waals surface area (Å²) in [6.45, 7) is -0.579. The van der Waals surface area contributed by atoms with Crippen LogP contribution in [0.3, 0.4) is 0 Å². The number of nitriles is 1. The van der Waals surface area contributed by atoms with Gasteiger partial charge in [0.1, 0.15) is 17.7 Å². The van der Waals surface area contributed by atoms with Gasteiger partial charge in [0.25, 0.3) is 0 Å². The molecule has 0 aliphatic heterocycles. The van der Waals surface area contributed by atoms with Gasteiger partial charge in [-0.15, -0.1) is 0 Å². The highest BCUT2D eigenvalue weighted by atomic mass is 35.5. The number of aliphatic carboxylic acids is 1. The maximum atomic E-state index is 13.3. The van der Waals surface area contributed by atoms with E-state index in [1.54, 1.807) is 6.07 Å². The van der Waals surface area contributed by atoms with Gasteiger partial charge in [0.05, 0.1) is 28.7 Å². The molecule has 2 aromatic carbocycles. The molecule has 0 saturated heterocycles. The molecule has 3 rings (SSSR count). The van der Waals surface area contributed by atoms with E-state index in [4.69, 9.17) is 26.2 Å². The Kier molecular flexibility index (Phi) is 5.47. The number of hydrogen-bond acceptors (Lipinski definition) is 5. The number of imidazole rings is 1. The van der Waals surface area contributed by atoms with E-state index in [0.717, 1.165) is 0 Å². The zero-order valence-electron chi connectivity index (χ0n) is 14.5. The summed E-state index contributed by atoms with van der Waals surface area (Å²) >= 11 is 6.18. The van der Waals surface area contributed by atoms with Crippen LogP contribution in [0.4, 0.5) is 4.39 Å². The lowest BCUT2D eigenvalue weighted by molar-refractivity contribution is -0.139. The lowest BCUT2D eigenvalue weighted by atomic mass is 10.1. The number of methoxy groups -OCH3 is 1. The lowest BCUT2D eigenvalue weighted by Gasteiger charge is -2.12. The first-order chi connectivity index (χ1) is 13.4. The van der Waals surface area contributed by atoms with Crippen LogP contribution in [0.1, 0.15) is 11.4 Å².